The fourth-order valence-electron chi connectivity index (χ4n) is 1.73. The zero-order valence-electron chi connectivity index (χ0n) is 10.2. The van der Waals surface area contributed by atoms with E-state index in [2.05, 4.69) is 23.3 Å². The van der Waals surface area contributed by atoms with Gasteiger partial charge in [0.05, 0.1) is 0 Å². The van der Waals surface area contributed by atoms with Crippen LogP contribution < -0.4 is 5.32 Å². The summed E-state index contributed by atoms with van der Waals surface area (Å²) in [4.78, 5) is 4.01. The van der Waals surface area contributed by atoms with E-state index in [-0.39, 0.29) is 6.61 Å². The molecule has 1 heterocycles. The average Bonchev–Trinajstić information content (AvgIpc) is 2.38. The van der Waals surface area contributed by atoms with Crippen molar-refractivity contribution in [1.82, 2.24) is 10.3 Å². The largest absolute Gasteiger partial charge is 0.396 e. The Morgan fingerprint density at radius 3 is 3.06 bits per heavy atom. The molecule has 1 aromatic heterocycles. The molecule has 92 valence electrons. The van der Waals surface area contributed by atoms with Crippen molar-refractivity contribution in [3.05, 3.63) is 29.6 Å². The molecule has 1 unspecified atom stereocenters. The van der Waals surface area contributed by atoms with Crippen molar-refractivity contribution in [2.75, 3.05) is 13.2 Å². The third-order valence-electron chi connectivity index (χ3n) is 2.86. The minimum atomic E-state index is 0.233. The molecule has 4 nitrogen and oxygen atoms in total. The smallest absolute Gasteiger partial charge is 0.144 e. The van der Waals surface area contributed by atoms with Crippen LogP contribution in [0.5, 0.6) is 0 Å². The van der Waals surface area contributed by atoms with Crippen LogP contribution in [0.1, 0.15) is 31.0 Å². The van der Waals surface area contributed by atoms with Gasteiger partial charge in [0.25, 0.3) is 0 Å². The topological polar surface area (TPSA) is 68.9 Å². The molecule has 1 aromatic rings. The van der Waals surface area contributed by atoms with Crippen LogP contribution in [0.4, 0.5) is 0 Å². The normalized spacial score (nSPS) is 12.1. The van der Waals surface area contributed by atoms with Crippen molar-refractivity contribution in [2.24, 2.45) is 5.92 Å². The highest BCUT2D eigenvalue weighted by Gasteiger charge is 2.06. The lowest BCUT2D eigenvalue weighted by Crippen LogP contribution is -2.23. The monoisotopic (exact) mass is 233 g/mol. The highest BCUT2D eigenvalue weighted by Crippen LogP contribution is 2.07. The molecule has 0 aliphatic rings. The number of rotatable bonds is 7. The molecule has 0 saturated carbocycles. The summed E-state index contributed by atoms with van der Waals surface area (Å²) in [6.45, 7) is 3.86. The summed E-state index contributed by atoms with van der Waals surface area (Å²) < 4.78 is 0. The zero-order valence-corrected chi connectivity index (χ0v) is 10.2. The lowest BCUT2D eigenvalue weighted by Gasteiger charge is -2.14. The molecule has 0 aliphatic heterocycles. The van der Waals surface area contributed by atoms with E-state index >= 15 is 0 Å². The zero-order chi connectivity index (χ0) is 12.5. The van der Waals surface area contributed by atoms with Crippen LogP contribution in [0.25, 0.3) is 0 Å². The van der Waals surface area contributed by atoms with Crippen LogP contribution in [-0.2, 0) is 6.54 Å². The van der Waals surface area contributed by atoms with E-state index < -0.39 is 0 Å². The van der Waals surface area contributed by atoms with Gasteiger partial charge in [-0.05, 0) is 24.9 Å². The van der Waals surface area contributed by atoms with Crippen molar-refractivity contribution in [3.8, 4) is 6.07 Å². The molecule has 0 fully saturated rings. The van der Waals surface area contributed by atoms with Gasteiger partial charge in [0.15, 0.2) is 0 Å². The van der Waals surface area contributed by atoms with Gasteiger partial charge in [-0.1, -0.05) is 19.4 Å². The molecule has 0 amide bonds. The molecule has 4 heteroatoms. The fourth-order valence-corrected chi connectivity index (χ4v) is 1.73. The van der Waals surface area contributed by atoms with Gasteiger partial charge in [0, 0.05) is 24.9 Å². The Hall–Kier alpha value is -1.44. The quantitative estimate of drug-likeness (QED) is 0.748. The first-order valence-electron chi connectivity index (χ1n) is 5.97. The maximum absolute atomic E-state index is 8.89. The Kier molecular flexibility index (Phi) is 6.23. The summed E-state index contributed by atoms with van der Waals surface area (Å²) in [5, 5.41) is 21.1. The van der Waals surface area contributed by atoms with Gasteiger partial charge in [0.1, 0.15) is 11.8 Å². The van der Waals surface area contributed by atoms with E-state index in [0.29, 0.717) is 18.2 Å². The summed E-state index contributed by atoms with van der Waals surface area (Å²) in [5.74, 6) is 0.488. The van der Waals surface area contributed by atoms with E-state index in [4.69, 9.17) is 10.4 Å². The van der Waals surface area contributed by atoms with Crippen LogP contribution >= 0.6 is 0 Å². The Morgan fingerprint density at radius 2 is 2.41 bits per heavy atom. The minimum Gasteiger partial charge on any atom is -0.396 e. The summed E-state index contributed by atoms with van der Waals surface area (Å²) in [5.41, 5.74) is 1.41. The third-order valence-corrected chi connectivity index (χ3v) is 2.86. The molecule has 0 radical (unpaired) electrons. The first kappa shape index (κ1) is 13.6. The van der Waals surface area contributed by atoms with Gasteiger partial charge in [-0.15, -0.1) is 0 Å². The standard InChI is InChI=1S/C13H19N3O/c1-2-11(5-7-17)9-15-10-12-4-3-6-16-13(12)8-14/h3-4,6,11,15,17H,2,5,7,9-10H2,1H3. The van der Waals surface area contributed by atoms with Crippen molar-refractivity contribution in [2.45, 2.75) is 26.3 Å². The molecule has 0 bridgehead atoms. The predicted octanol–water partition coefficient (Wildman–Crippen LogP) is 1.45. The van der Waals surface area contributed by atoms with E-state index in [1.807, 2.05) is 12.1 Å². The number of hydrogen-bond donors (Lipinski definition) is 2. The molecular formula is C13H19N3O. The first-order valence-corrected chi connectivity index (χ1v) is 5.97. The van der Waals surface area contributed by atoms with Crippen molar-refractivity contribution in [1.29, 1.82) is 5.26 Å². The number of hydrogen-bond acceptors (Lipinski definition) is 4. The predicted molar refractivity (Wildman–Crippen MR) is 66.1 cm³/mol. The number of nitrogens with zero attached hydrogens (tertiary/aromatic N) is 2. The third kappa shape index (κ3) is 4.51. The number of nitriles is 1. The highest BCUT2D eigenvalue weighted by molar-refractivity contribution is 5.30. The van der Waals surface area contributed by atoms with E-state index in [0.717, 1.165) is 24.9 Å². The summed E-state index contributed by atoms with van der Waals surface area (Å²) in [6, 6.07) is 5.83. The molecule has 0 aliphatic carbocycles. The van der Waals surface area contributed by atoms with Gasteiger partial charge < -0.3 is 10.4 Å². The number of aromatic nitrogens is 1. The first-order chi connectivity index (χ1) is 8.31. The van der Waals surface area contributed by atoms with Crippen molar-refractivity contribution in [3.63, 3.8) is 0 Å². The van der Waals surface area contributed by atoms with Crippen LogP contribution in [0.2, 0.25) is 0 Å². The fraction of sp³-hybridized carbons (Fsp3) is 0.538. The molecule has 0 aromatic carbocycles. The van der Waals surface area contributed by atoms with Gasteiger partial charge >= 0.3 is 0 Å². The second-order valence-electron chi connectivity index (χ2n) is 4.04. The number of pyridine rings is 1. The van der Waals surface area contributed by atoms with E-state index in [9.17, 15) is 0 Å². The van der Waals surface area contributed by atoms with Gasteiger partial charge in [-0.3, -0.25) is 0 Å². The molecule has 1 rings (SSSR count). The highest BCUT2D eigenvalue weighted by atomic mass is 16.3. The maximum Gasteiger partial charge on any atom is 0.144 e. The molecule has 1 atom stereocenters. The maximum atomic E-state index is 8.89. The second-order valence-corrected chi connectivity index (χ2v) is 4.04. The van der Waals surface area contributed by atoms with E-state index in [1.165, 1.54) is 0 Å². The lowest BCUT2D eigenvalue weighted by atomic mass is 10.0. The molecular weight excluding hydrogens is 214 g/mol. The second kappa shape index (κ2) is 7.77. The molecule has 0 saturated heterocycles. The van der Waals surface area contributed by atoms with Crippen LogP contribution in [0.3, 0.4) is 0 Å². The Bertz CT molecular complexity index is 373. The SMILES string of the molecule is CCC(CCO)CNCc1cccnc1C#N. The Labute approximate surface area is 102 Å². The van der Waals surface area contributed by atoms with Crippen molar-refractivity contribution < 1.29 is 5.11 Å². The minimum absolute atomic E-state index is 0.233. The number of nitrogens with one attached hydrogen (secondary N) is 1. The number of aliphatic hydroxyl groups excluding tert-OH is 1. The summed E-state index contributed by atoms with van der Waals surface area (Å²) in [6.07, 6.45) is 3.50. The van der Waals surface area contributed by atoms with Crippen LogP contribution in [0.15, 0.2) is 18.3 Å². The van der Waals surface area contributed by atoms with E-state index in [1.54, 1.807) is 6.20 Å². The summed E-state index contributed by atoms with van der Waals surface area (Å²) >= 11 is 0. The lowest BCUT2D eigenvalue weighted by molar-refractivity contribution is 0.251. The van der Waals surface area contributed by atoms with Crippen molar-refractivity contribution >= 4 is 0 Å². The summed E-state index contributed by atoms with van der Waals surface area (Å²) in [7, 11) is 0. The van der Waals surface area contributed by atoms with Gasteiger partial charge in [0.2, 0.25) is 0 Å². The molecule has 2 N–H and O–H groups in total. The Balaban J connectivity index is 2.42. The molecule has 17 heavy (non-hydrogen) atoms. The van der Waals surface area contributed by atoms with Crippen LogP contribution in [-0.4, -0.2) is 23.2 Å². The van der Waals surface area contributed by atoms with Crippen LogP contribution in [0, 0.1) is 17.2 Å². The van der Waals surface area contributed by atoms with Gasteiger partial charge in [-0.25, -0.2) is 4.98 Å². The number of aliphatic hydroxyl groups is 1. The molecule has 0 spiro atoms. The average molecular weight is 233 g/mol. The Morgan fingerprint density at radius 1 is 1.59 bits per heavy atom. The van der Waals surface area contributed by atoms with Gasteiger partial charge in [-0.2, -0.15) is 5.26 Å².